The van der Waals surface area contributed by atoms with Crippen molar-refractivity contribution in [2.24, 2.45) is 29.1 Å². The monoisotopic (exact) mass is 438 g/mol. The van der Waals surface area contributed by atoms with Gasteiger partial charge in [0, 0.05) is 5.41 Å². The van der Waals surface area contributed by atoms with Crippen molar-refractivity contribution in [3.63, 3.8) is 0 Å². The van der Waals surface area contributed by atoms with Gasteiger partial charge in [-0.3, -0.25) is 4.79 Å². The summed E-state index contributed by atoms with van der Waals surface area (Å²) >= 11 is 4.65. The third-order valence-corrected chi connectivity index (χ3v) is 7.46. The molecule has 0 aliphatic carbocycles. The molecule has 0 spiro atoms. The molecular weight excluding hydrogens is 385 g/mol. The molecule has 0 fully saturated rings. The lowest BCUT2D eigenvalue weighted by atomic mass is 9.59. The largest absolute Gasteiger partial charge is 0.345 e. The van der Waals surface area contributed by atoms with Crippen molar-refractivity contribution in [2.75, 3.05) is 0 Å². The van der Waals surface area contributed by atoms with Gasteiger partial charge < -0.3 is 5.32 Å². The maximum Gasteiger partial charge on any atom is 0.226 e. The number of rotatable bonds is 17. The highest BCUT2D eigenvalue weighted by Crippen LogP contribution is 2.30. The standard InChI is InChI=1S/C26H53BNOS/c1-10-11-12-13-14-15-20(4)21(5)16-23(7)27-18-24(30)28-25(29)26(8,9)17-22(6)19(2)3/h19-24,30H,10-18H2,1-9H3,(H,28,29). The van der Waals surface area contributed by atoms with Gasteiger partial charge in [-0.15, -0.1) is 0 Å². The van der Waals surface area contributed by atoms with Crippen LogP contribution in [0.3, 0.4) is 0 Å². The van der Waals surface area contributed by atoms with Gasteiger partial charge in [0.1, 0.15) is 7.28 Å². The van der Waals surface area contributed by atoms with Crippen LogP contribution in [0.2, 0.25) is 12.1 Å². The number of carbonyl (C=O) groups excluding carboxylic acids is 1. The summed E-state index contributed by atoms with van der Waals surface area (Å²) in [5.41, 5.74) is -0.350. The van der Waals surface area contributed by atoms with Crippen LogP contribution in [0, 0.1) is 29.1 Å². The number of hydrogen-bond acceptors (Lipinski definition) is 2. The maximum absolute atomic E-state index is 12.7. The maximum atomic E-state index is 12.7. The summed E-state index contributed by atoms with van der Waals surface area (Å²) < 4.78 is 0. The van der Waals surface area contributed by atoms with Crippen LogP contribution in [0.4, 0.5) is 0 Å². The van der Waals surface area contributed by atoms with Crippen molar-refractivity contribution in [2.45, 2.75) is 131 Å². The quantitative estimate of drug-likeness (QED) is 0.102. The van der Waals surface area contributed by atoms with Crippen LogP contribution >= 0.6 is 12.6 Å². The Morgan fingerprint density at radius 1 is 0.933 bits per heavy atom. The number of hydrogen-bond donors (Lipinski definition) is 2. The van der Waals surface area contributed by atoms with Gasteiger partial charge in [-0.2, -0.15) is 12.6 Å². The molecule has 4 heteroatoms. The van der Waals surface area contributed by atoms with Crippen molar-refractivity contribution >= 4 is 25.8 Å². The predicted octanol–water partition coefficient (Wildman–Crippen LogP) is 8.02. The van der Waals surface area contributed by atoms with Gasteiger partial charge in [0.15, 0.2) is 0 Å². The molecule has 0 rings (SSSR count). The molecule has 0 heterocycles. The molecule has 5 atom stereocenters. The summed E-state index contributed by atoms with van der Waals surface area (Å²) in [5.74, 6) is 3.35. The Bertz CT molecular complexity index is 454. The zero-order valence-electron chi connectivity index (χ0n) is 21.8. The van der Waals surface area contributed by atoms with Gasteiger partial charge in [-0.05, 0) is 30.1 Å². The summed E-state index contributed by atoms with van der Waals surface area (Å²) in [4.78, 5) is 12.7. The molecule has 1 amide bonds. The van der Waals surface area contributed by atoms with Crippen LogP contribution in [-0.4, -0.2) is 18.6 Å². The van der Waals surface area contributed by atoms with Crippen LogP contribution in [0.25, 0.3) is 0 Å². The first kappa shape index (κ1) is 29.9. The first-order valence-electron chi connectivity index (χ1n) is 12.7. The molecule has 2 nitrogen and oxygen atoms in total. The van der Waals surface area contributed by atoms with Crippen LogP contribution in [0.1, 0.15) is 114 Å². The Morgan fingerprint density at radius 3 is 2.10 bits per heavy atom. The smallest absolute Gasteiger partial charge is 0.226 e. The molecular formula is C26H53BNOS. The van der Waals surface area contributed by atoms with E-state index in [9.17, 15) is 4.79 Å². The summed E-state index contributed by atoms with van der Waals surface area (Å²) in [6, 6.07) is 0. The SMILES string of the molecule is CCCCCCCC(C)C(C)CC(C)[B]CC(S)NC(=O)C(C)(C)CC(C)C(C)C. The van der Waals surface area contributed by atoms with Gasteiger partial charge in [0.25, 0.3) is 0 Å². The second-order valence-electron chi connectivity index (χ2n) is 11.1. The third kappa shape index (κ3) is 13.3. The molecule has 1 N–H and O–H groups in total. The van der Waals surface area contributed by atoms with Crippen LogP contribution < -0.4 is 5.32 Å². The van der Waals surface area contributed by atoms with Gasteiger partial charge in [0.05, 0.1) is 5.37 Å². The van der Waals surface area contributed by atoms with Crippen molar-refractivity contribution < 1.29 is 4.79 Å². The van der Waals surface area contributed by atoms with Crippen molar-refractivity contribution in [3.05, 3.63) is 0 Å². The summed E-state index contributed by atoms with van der Waals surface area (Å²) in [5, 5.41) is 3.04. The minimum atomic E-state index is -0.350. The summed E-state index contributed by atoms with van der Waals surface area (Å²) in [6.45, 7) is 20.2. The first-order chi connectivity index (χ1) is 13.9. The molecule has 1 radical (unpaired) electrons. The van der Waals surface area contributed by atoms with E-state index in [2.05, 4.69) is 87.5 Å². The Hall–Kier alpha value is -0.115. The van der Waals surface area contributed by atoms with Crippen molar-refractivity contribution in [1.82, 2.24) is 5.32 Å². The Labute approximate surface area is 196 Å². The van der Waals surface area contributed by atoms with Crippen LogP contribution in [-0.2, 0) is 4.79 Å². The molecule has 0 aliphatic heterocycles. The van der Waals surface area contributed by atoms with E-state index in [0.717, 1.165) is 24.6 Å². The fourth-order valence-electron chi connectivity index (χ4n) is 4.17. The highest BCUT2D eigenvalue weighted by Gasteiger charge is 2.31. The number of unbranched alkanes of at least 4 members (excludes halogenated alkanes) is 4. The summed E-state index contributed by atoms with van der Waals surface area (Å²) in [6.07, 6.45) is 11.2. The first-order valence-corrected chi connectivity index (χ1v) is 13.2. The van der Waals surface area contributed by atoms with E-state index in [1.54, 1.807) is 0 Å². The number of nitrogens with one attached hydrogen (secondary N) is 1. The van der Waals surface area contributed by atoms with E-state index in [-0.39, 0.29) is 16.7 Å². The number of amides is 1. The van der Waals surface area contributed by atoms with Gasteiger partial charge in [-0.25, -0.2) is 0 Å². The Balaban J connectivity index is 4.21. The van der Waals surface area contributed by atoms with E-state index >= 15 is 0 Å². The average Bonchev–Trinajstić information content (AvgIpc) is 2.65. The molecule has 0 aromatic carbocycles. The Kier molecular flexibility index (Phi) is 15.6. The molecule has 0 saturated carbocycles. The molecule has 0 aliphatic rings. The van der Waals surface area contributed by atoms with E-state index in [0.29, 0.717) is 17.7 Å². The highest BCUT2D eigenvalue weighted by molar-refractivity contribution is 7.81. The minimum absolute atomic E-state index is 0.0973. The minimum Gasteiger partial charge on any atom is -0.345 e. The molecule has 0 saturated heterocycles. The fourth-order valence-corrected chi connectivity index (χ4v) is 4.41. The molecule has 0 aromatic rings. The van der Waals surface area contributed by atoms with Gasteiger partial charge >= 0.3 is 0 Å². The average molecular weight is 439 g/mol. The van der Waals surface area contributed by atoms with Crippen LogP contribution in [0.5, 0.6) is 0 Å². The highest BCUT2D eigenvalue weighted by atomic mass is 32.1. The summed E-state index contributed by atoms with van der Waals surface area (Å²) in [7, 11) is 2.35. The fraction of sp³-hybridized carbons (Fsp3) is 0.962. The second-order valence-corrected chi connectivity index (χ2v) is 11.8. The van der Waals surface area contributed by atoms with Crippen LogP contribution in [0.15, 0.2) is 0 Å². The topological polar surface area (TPSA) is 29.1 Å². The zero-order valence-corrected chi connectivity index (χ0v) is 22.7. The normalized spacial score (nSPS) is 17.3. The molecule has 0 bridgehead atoms. The Morgan fingerprint density at radius 2 is 1.53 bits per heavy atom. The molecule has 0 aromatic heterocycles. The zero-order chi connectivity index (χ0) is 23.3. The van der Waals surface area contributed by atoms with E-state index in [4.69, 9.17) is 0 Å². The lowest BCUT2D eigenvalue weighted by Gasteiger charge is -2.30. The molecule has 30 heavy (non-hydrogen) atoms. The van der Waals surface area contributed by atoms with Gasteiger partial charge in [0.2, 0.25) is 5.91 Å². The number of thiol groups is 1. The molecule has 177 valence electrons. The lowest BCUT2D eigenvalue weighted by molar-refractivity contribution is -0.130. The number of carbonyl (C=O) groups is 1. The molecule has 5 unspecified atom stereocenters. The van der Waals surface area contributed by atoms with Crippen molar-refractivity contribution in [1.29, 1.82) is 0 Å². The second kappa shape index (κ2) is 15.6. The van der Waals surface area contributed by atoms with Gasteiger partial charge in [-0.1, -0.05) is 119 Å². The predicted molar refractivity (Wildman–Crippen MR) is 140 cm³/mol. The van der Waals surface area contributed by atoms with E-state index in [1.165, 1.54) is 44.9 Å². The lowest BCUT2D eigenvalue weighted by Crippen LogP contribution is -2.42. The van der Waals surface area contributed by atoms with E-state index in [1.807, 2.05) is 0 Å². The van der Waals surface area contributed by atoms with E-state index < -0.39 is 0 Å². The van der Waals surface area contributed by atoms with Crippen molar-refractivity contribution in [3.8, 4) is 0 Å². The third-order valence-electron chi connectivity index (χ3n) is 7.12.